The molecular formula is C10H22N+. The molecule has 0 aromatic carbocycles. The van der Waals surface area contributed by atoms with Crippen LogP contribution < -0.4 is 0 Å². The Kier molecular flexibility index (Phi) is 2.04. The Labute approximate surface area is 71.0 Å². The van der Waals surface area contributed by atoms with E-state index >= 15 is 0 Å². The Bertz CT molecular complexity index is 147. The molecule has 0 spiro atoms. The second-order valence-electron chi connectivity index (χ2n) is 5.37. The summed E-state index contributed by atoms with van der Waals surface area (Å²) in [6.07, 6.45) is 1.34. The molecule has 0 bridgehead atoms. The summed E-state index contributed by atoms with van der Waals surface area (Å²) in [7, 11) is 4.69. The van der Waals surface area contributed by atoms with E-state index in [1.165, 1.54) is 24.0 Å². The predicted octanol–water partition coefficient (Wildman–Crippen LogP) is 2.13. The fourth-order valence-corrected chi connectivity index (χ4v) is 2.82. The van der Waals surface area contributed by atoms with Crippen molar-refractivity contribution in [2.24, 2.45) is 11.3 Å². The molecule has 1 atom stereocenters. The van der Waals surface area contributed by atoms with Crippen molar-refractivity contribution in [1.82, 2.24) is 0 Å². The van der Waals surface area contributed by atoms with E-state index in [4.69, 9.17) is 0 Å². The van der Waals surface area contributed by atoms with Gasteiger partial charge >= 0.3 is 0 Å². The fraction of sp³-hybridized carbons (Fsp3) is 1.00. The van der Waals surface area contributed by atoms with Crippen LogP contribution in [0.15, 0.2) is 0 Å². The highest BCUT2D eigenvalue weighted by Crippen LogP contribution is 2.39. The number of quaternary nitrogens is 1. The maximum absolute atomic E-state index is 2.41. The lowest BCUT2D eigenvalue weighted by Crippen LogP contribution is -2.37. The molecule has 1 unspecified atom stereocenters. The van der Waals surface area contributed by atoms with Gasteiger partial charge in [-0.1, -0.05) is 20.8 Å². The van der Waals surface area contributed by atoms with Crippen LogP contribution in [0.25, 0.3) is 0 Å². The van der Waals surface area contributed by atoms with Gasteiger partial charge in [0.1, 0.15) is 0 Å². The summed E-state index contributed by atoms with van der Waals surface area (Å²) in [6, 6.07) is 0. The zero-order chi connectivity index (χ0) is 8.70. The first-order chi connectivity index (χ1) is 4.87. The highest BCUT2D eigenvalue weighted by Gasteiger charge is 2.44. The van der Waals surface area contributed by atoms with Crippen molar-refractivity contribution < 1.29 is 4.48 Å². The third-order valence-corrected chi connectivity index (χ3v) is 3.15. The summed E-state index contributed by atoms with van der Waals surface area (Å²) in [6.45, 7) is 9.84. The van der Waals surface area contributed by atoms with Crippen LogP contribution >= 0.6 is 0 Å². The van der Waals surface area contributed by atoms with E-state index in [1.54, 1.807) is 0 Å². The van der Waals surface area contributed by atoms with Crippen LogP contribution in [-0.2, 0) is 0 Å². The van der Waals surface area contributed by atoms with Crippen LogP contribution in [0, 0.1) is 11.3 Å². The molecule has 0 saturated carbocycles. The minimum absolute atomic E-state index is 0.568. The summed E-state index contributed by atoms with van der Waals surface area (Å²) < 4.78 is 1.21. The minimum Gasteiger partial charge on any atom is -0.328 e. The van der Waals surface area contributed by atoms with Crippen LogP contribution in [-0.4, -0.2) is 31.7 Å². The standard InChI is InChI=1S/C10H22N/c1-6-9-7-11(4,5)8-10(9,2)3/h9H,6-8H2,1-5H3/q+1. The molecule has 1 rings (SSSR count). The van der Waals surface area contributed by atoms with E-state index in [-0.39, 0.29) is 0 Å². The van der Waals surface area contributed by atoms with E-state index in [9.17, 15) is 0 Å². The second kappa shape index (κ2) is 2.48. The zero-order valence-corrected chi connectivity index (χ0v) is 8.65. The summed E-state index contributed by atoms with van der Waals surface area (Å²) >= 11 is 0. The van der Waals surface area contributed by atoms with Crippen LogP contribution in [0.4, 0.5) is 0 Å². The Morgan fingerprint density at radius 2 is 1.91 bits per heavy atom. The number of nitrogens with zero attached hydrogens (tertiary/aromatic N) is 1. The van der Waals surface area contributed by atoms with Gasteiger partial charge in [-0.2, -0.15) is 0 Å². The quantitative estimate of drug-likeness (QED) is 0.510. The number of rotatable bonds is 1. The molecular weight excluding hydrogens is 134 g/mol. The van der Waals surface area contributed by atoms with Crippen molar-refractivity contribution in [3.8, 4) is 0 Å². The summed E-state index contributed by atoms with van der Waals surface area (Å²) in [4.78, 5) is 0. The van der Waals surface area contributed by atoms with Gasteiger partial charge in [0.25, 0.3) is 0 Å². The van der Waals surface area contributed by atoms with Gasteiger partial charge in [-0.15, -0.1) is 0 Å². The van der Waals surface area contributed by atoms with E-state index in [2.05, 4.69) is 34.9 Å². The molecule has 0 aromatic heterocycles. The number of hydrogen-bond donors (Lipinski definition) is 0. The molecule has 11 heavy (non-hydrogen) atoms. The fourth-order valence-electron chi connectivity index (χ4n) is 2.82. The normalized spacial score (nSPS) is 34.1. The molecule has 1 saturated heterocycles. The molecule has 66 valence electrons. The second-order valence-corrected chi connectivity index (χ2v) is 5.37. The van der Waals surface area contributed by atoms with Crippen LogP contribution in [0.2, 0.25) is 0 Å². The van der Waals surface area contributed by atoms with Crippen molar-refractivity contribution >= 4 is 0 Å². The molecule has 1 aliphatic rings. The van der Waals surface area contributed by atoms with Gasteiger partial charge in [-0.25, -0.2) is 0 Å². The van der Waals surface area contributed by atoms with E-state index in [0.29, 0.717) is 5.41 Å². The Hall–Kier alpha value is -0.0400. The lowest BCUT2D eigenvalue weighted by molar-refractivity contribution is -0.882. The molecule has 1 heterocycles. The lowest BCUT2D eigenvalue weighted by Gasteiger charge is -2.25. The Morgan fingerprint density at radius 3 is 2.09 bits per heavy atom. The Balaban J connectivity index is 2.71. The van der Waals surface area contributed by atoms with E-state index in [1.807, 2.05) is 0 Å². The van der Waals surface area contributed by atoms with Crippen LogP contribution in [0.3, 0.4) is 0 Å². The molecule has 0 radical (unpaired) electrons. The molecule has 0 aliphatic carbocycles. The first-order valence-corrected chi connectivity index (χ1v) is 4.69. The van der Waals surface area contributed by atoms with Gasteiger partial charge in [-0.05, 0) is 6.42 Å². The molecule has 1 heteroatoms. The highest BCUT2D eigenvalue weighted by molar-refractivity contribution is 4.82. The zero-order valence-electron chi connectivity index (χ0n) is 8.65. The molecule has 1 nitrogen and oxygen atoms in total. The average Bonchev–Trinajstić information content (AvgIpc) is 1.99. The molecule has 0 N–H and O–H groups in total. The first-order valence-electron chi connectivity index (χ1n) is 4.69. The third kappa shape index (κ3) is 1.76. The molecule has 0 aromatic rings. The summed E-state index contributed by atoms with van der Waals surface area (Å²) in [5.41, 5.74) is 0.568. The summed E-state index contributed by atoms with van der Waals surface area (Å²) in [5.74, 6) is 0.928. The van der Waals surface area contributed by atoms with Crippen molar-refractivity contribution in [3.05, 3.63) is 0 Å². The van der Waals surface area contributed by atoms with Crippen molar-refractivity contribution in [2.75, 3.05) is 27.2 Å². The van der Waals surface area contributed by atoms with Crippen molar-refractivity contribution in [1.29, 1.82) is 0 Å². The topological polar surface area (TPSA) is 0 Å². The van der Waals surface area contributed by atoms with Crippen molar-refractivity contribution in [2.45, 2.75) is 27.2 Å². The van der Waals surface area contributed by atoms with Crippen LogP contribution in [0.1, 0.15) is 27.2 Å². The van der Waals surface area contributed by atoms with E-state index in [0.717, 1.165) is 5.92 Å². The number of hydrogen-bond acceptors (Lipinski definition) is 0. The third-order valence-electron chi connectivity index (χ3n) is 3.15. The molecule has 1 aliphatic heterocycles. The first kappa shape index (κ1) is 9.05. The van der Waals surface area contributed by atoms with E-state index < -0.39 is 0 Å². The minimum atomic E-state index is 0.568. The van der Waals surface area contributed by atoms with Crippen LogP contribution in [0.5, 0.6) is 0 Å². The SMILES string of the molecule is CCC1C[N+](C)(C)CC1(C)C. The monoisotopic (exact) mass is 156 g/mol. The summed E-state index contributed by atoms with van der Waals surface area (Å²) in [5, 5.41) is 0. The van der Waals surface area contributed by atoms with Gasteiger partial charge < -0.3 is 4.48 Å². The lowest BCUT2D eigenvalue weighted by atomic mass is 9.81. The maximum Gasteiger partial charge on any atom is 0.0839 e. The molecule has 0 amide bonds. The van der Waals surface area contributed by atoms with Gasteiger partial charge in [0.2, 0.25) is 0 Å². The highest BCUT2D eigenvalue weighted by atomic mass is 15.3. The van der Waals surface area contributed by atoms with Gasteiger partial charge in [0.15, 0.2) is 0 Å². The van der Waals surface area contributed by atoms with Gasteiger partial charge in [0.05, 0.1) is 27.2 Å². The smallest absolute Gasteiger partial charge is 0.0839 e. The van der Waals surface area contributed by atoms with Gasteiger partial charge in [-0.3, -0.25) is 0 Å². The maximum atomic E-state index is 2.41. The Morgan fingerprint density at radius 1 is 1.36 bits per heavy atom. The predicted molar refractivity (Wildman–Crippen MR) is 49.4 cm³/mol. The molecule has 1 fully saturated rings. The van der Waals surface area contributed by atoms with Crippen molar-refractivity contribution in [3.63, 3.8) is 0 Å². The largest absolute Gasteiger partial charge is 0.328 e. The average molecular weight is 156 g/mol. The van der Waals surface area contributed by atoms with Gasteiger partial charge in [0, 0.05) is 11.3 Å². The number of likely N-dealkylation sites (tertiary alicyclic amines) is 1.